The molecule has 1 aliphatic heterocycles. The molecule has 1 saturated heterocycles. The number of nitrogens with zero attached hydrogens (tertiary/aromatic N) is 5. The Kier molecular flexibility index (Phi) is 19.6. The van der Waals surface area contributed by atoms with E-state index in [-0.39, 0.29) is 32.1 Å². The van der Waals surface area contributed by atoms with Gasteiger partial charge in [-0.2, -0.15) is 23.5 Å². The molecule has 13 nitrogen and oxygen atoms in total. The highest BCUT2D eigenvalue weighted by molar-refractivity contribution is 7.47. The second-order valence-electron chi connectivity index (χ2n) is 14.8. The first kappa shape index (κ1) is 46.5. The number of ether oxygens (including phenoxy) is 3. The first-order valence-electron chi connectivity index (χ1n) is 20.5. The highest BCUT2D eigenvalue weighted by Crippen LogP contribution is 2.46. The summed E-state index contributed by atoms with van der Waals surface area (Å²) in [7, 11) is -4.63. The van der Waals surface area contributed by atoms with Crippen LogP contribution in [0.3, 0.4) is 0 Å². The summed E-state index contributed by atoms with van der Waals surface area (Å²) in [6, 6.07) is 7.68. The topological polar surface area (TPSA) is 176 Å². The van der Waals surface area contributed by atoms with E-state index in [0.717, 1.165) is 31.5 Å². The third-order valence-electron chi connectivity index (χ3n) is 10.2. The molecule has 0 spiro atoms. The van der Waals surface area contributed by atoms with Gasteiger partial charge in [-0.15, -0.1) is 0 Å². The van der Waals surface area contributed by atoms with E-state index in [0.29, 0.717) is 29.8 Å². The van der Waals surface area contributed by atoms with E-state index in [1.807, 2.05) is 0 Å². The van der Waals surface area contributed by atoms with E-state index in [2.05, 4.69) is 28.1 Å². The number of hydrogen-bond acceptors (Lipinski definition) is 11. The van der Waals surface area contributed by atoms with Gasteiger partial charge in [-0.1, -0.05) is 109 Å². The quantitative estimate of drug-likeness (QED) is 0.0501. The van der Waals surface area contributed by atoms with Crippen LogP contribution in [0.1, 0.15) is 139 Å². The predicted octanol–water partition coefficient (Wildman–Crippen LogP) is 9.62. The van der Waals surface area contributed by atoms with Crippen LogP contribution in [0.4, 0.5) is 19.0 Å². The summed E-state index contributed by atoms with van der Waals surface area (Å²) in [5, 5.41) is 14.3. The van der Waals surface area contributed by atoms with Crippen molar-refractivity contribution in [1.29, 1.82) is 5.26 Å². The van der Waals surface area contributed by atoms with Gasteiger partial charge < -0.3 is 24.8 Å². The number of alkyl halides is 3. The number of nitrogen functional groups attached to an aromatic ring is 1. The molecule has 3 N–H and O–H groups in total. The standard InChI is InChI=1S/C40H60F3N6O7P/c1-2-3-4-5-6-7-8-9-10-11-12-13-14-15-16-17-24-52-27-34(53-26-32-18-20-36(46-25-32)40(41,42)43)29-55-57(50,51)54-28-33-22-23-39(30-44,56-33)37-21-19-35-38(45)47-31-48-49(35)37/h18-21,25,31,33-34H,2-17,22-24,26-29H2,1H3,(H,50,51)(H2,45,47,48)/t33-,34+,39-/m0/s1. The van der Waals surface area contributed by atoms with Gasteiger partial charge in [0, 0.05) is 12.8 Å². The zero-order valence-electron chi connectivity index (χ0n) is 33.2. The second kappa shape index (κ2) is 24.1. The lowest BCUT2D eigenvalue weighted by molar-refractivity contribution is -0.141. The average Bonchev–Trinajstić information content (AvgIpc) is 3.83. The fraction of sp³-hybridized carbons (Fsp3) is 0.700. The molecule has 1 aliphatic rings. The van der Waals surface area contributed by atoms with Crippen LogP contribution >= 0.6 is 7.82 Å². The summed E-state index contributed by atoms with van der Waals surface area (Å²) in [5.41, 5.74) is 4.86. The van der Waals surface area contributed by atoms with Crippen LogP contribution in [0.25, 0.3) is 5.52 Å². The number of phosphoric ester groups is 1. The van der Waals surface area contributed by atoms with Gasteiger partial charge in [0.15, 0.2) is 11.4 Å². The number of phosphoric acid groups is 1. The molecule has 318 valence electrons. The van der Waals surface area contributed by atoms with E-state index < -0.39 is 44.1 Å². The molecule has 1 fully saturated rings. The van der Waals surface area contributed by atoms with Gasteiger partial charge in [0.2, 0.25) is 0 Å². The molecule has 4 rings (SSSR count). The second-order valence-corrected chi connectivity index (χ2v) is 16.3. The lowest BCUT2D eigenvalue weighted by Gasteiger charge is -2.23. The van der Waals surface area contributed by atoms with E-state index in [1.54, 1.807) is 12.1 Å². The highest BCUT2D eigenvalue weighted by atomic mass is 31.2. The molecule has 0 aromatic carbocycles. The Morgan fingerprint density at radius 1 is 0.965 bits per heavy atom. The van der Waals surface area contributed by atoms with E-state index in [9.17, 15) is 27.9 Å². The van der Waals surface area contributed by atoms with Gasteiger partial charge in [-0.3, -0.25) is 14.0 Å². The molecule has 0 radical (unpaired) electrons. The highest BCUT2D eigenvalue weighted by Gasteiger charge is 2.45. The summed E-state index contributed by atoms with van der Waals surface area (Å²) in [5.74, 6) is 0.240. The van der Waals surface area contributed by atoms with Gasteiger partial charge >= 0.3 is 14.0 Å². The van der Waals surface area contributed by atoms with Gasteiger partial charge in [0.1, 0.15) is 29.7 Å². The molecule has 4 heterocycles. The minimum Gasteiger partial charge on any atom is -0.382 e. The van der Waals surface area contributed by atoms with Crippen molar-refractivity contribution in [3.05, 3.63) is 53.7 Å². The SMILES string of the molecule is CCCCCCCCCCCCCCCCCCOC[C@H](COP(=O)(O)OC[C@@H]1CC[C@](C#N)(c2ccc3c(N)ncnn23)O1)OCc1ccc(C(F)(F)F)nc1. The van der Waals surface area contributed by atoms with Gasteiger partial charge in [-0.05, 0) is 43.0 Å². The minimum absolute atomic E-state index is 0.0164. The lowest BCUT2D eigenvalue weighted by Crippen LogP contribution is -2.28. The molecule has 0 aliphatic carbocycles. The number of pyridine rings is 1. The number of nitrogens with two attached hydrogens (primary N) is 1. The monoisotopic (exact) mass is 824 g/mol. The zero-order chi connectivity index (χ0) is 41.0. The molecule has 3 aromatic rings. The fourth-order valence-corrected chi connectivity index (χ4v) is 7.65. The van der Waals surface area contributed by atoms with Crippen molar-refractivity contribution in [3.63, 3.8) is 0 Å². The van der Waals surface area contributed by atoms with E-state index in [1.165, 1.54) is 100 Å². The molecule has 1 unspecified atom stereocenters. The number of hydrogen-bond donors (Lipinski definition) is 2. The minimum atomic E-state index is -4.63. The maximum Gasteiger partial charge on any atom is 0.472 e. The predicted molar refractivity (Wildman–Crippen MR) is 209 cm³/mol. The van der Waals surface area contributed by atoms with Crippen LogP contribution in [0.15, 0.2) is 36.8 Å². The molecule has 0 saturated carbocycles. The number of fused-ring (bicyclic) bond motifs is 1. The van der Waals surface area contributed by atoms with Crippen molar-refractivity contribution < 1.29 is 45.9 Å². The van der Waals surface area contributed by atoms with Crippen LogP contribution in [0, 0.1) is 11.3 Å². The Hall–Kier alpha value is -3.16. The summed E-state index contributed by atoms with van der Waals surface area (Å²) >= 11 is 0. The Labute approximate surface area is 334 Å². The number of halogens is 3. The Morgan fingerprint density at radius 2 is 1.61 bits per heavy atom. The molecule has 17 heteroatoms. The molecule has 0 bridgehead atoms. The summed E-state index contributed by atoms with van der Waals surface area (Å²) in [6.45, 7) is 1.85. The number of nitriles is 1. The van der Waals surface area contributed by atoms with E-state index >= 15 is 0 Å². The number of rotatable bonds is 29. The largest absolute Gasteiger partial charge is 0.472 e. The molecule has 3 aromatic heterocycles. The molecular weight excluding hydrogens is 764 g/mol. The van der Waals surface area contributed by atoms with Crippen LogP contribution < -0.4 is 5.73 Å². The Bertz CT molecular complexity index is 1690. The Balaban J connectivity index is 1.16. The van der Waals surface area contributed by atoms with Crippen molar-refractivity contribution in [1.82, 2.24) is 19.6 Å². The van der Waals surface area contributed by atoms with E-state index in [4.69, 9.17) is 29.0 Å². The van der Waals surface area contributed by atoms with Gasteiger partial charge in [0.05, 0.1) is 38.2 Å². The fourth-order valence-electron chi connectivity index (χ4n) is 6.87. The maximum absolute atomic E-state index is 13.0. The molecular formula is C40H60F3N6O7P. The maximum atomic E-state index is 13.0. The number of anilines is 1. The van der Waals surface area contributed by atoms with Crippen molar-refractivity contribution in [3.8, 4) is 6.07 Å². The zero-order valence-corrected chi connectivity index (χ0v) is 34.1. The van der Waals surface area contributed by atoms with Crippen molar-refractivity contribution >= 4 is 19.2 Å². The molecule has 4 atom stereocenters. The normalized spacial score (nSPS) is 18.8. The first-order valence-corrected chi connectivity index (χ1v) is 22.0. The van der Waals surface area contributed by atoms with Crippen molar-refractivity contribution in [2.75, 3.05) is 32.2 Å². The van der Waals surface area contributed by atoms with Crippen LogP contribution in [-0.2, 0) is 46.2 Å². The van der Waals surface area contributed by atoms with Crippen LogP contribution in [0.2, 0.25) is 0 Å². The summed E-state index contributed by atoms with van der Waals surface area (Å²) in [4.78, 5) is 18.0. The summed E-state index contributed by atoms with van der Waals surface area (Å²) < 4.78 is 81.6. The third-order valence-corrected chi connectivity index (χ3v) is 11.1. The number of unbranched alkanes of at least 4 members (excludes halogenated alkanes) is 15. The molecule has 0 amide bonds. The first-order chi connectivity index (χ1) is 27.5. The summed E-state index contributed by atoms with van der Waals surface area (Å²) in [6.07, 6.45) is 16.9. The van der Waals surface area contributed by atoms with Crippen molar-refractivity contribution in [2.45, 2.75) is 153 Å². The third kappa shape index (κ3) is 15.8. The Morgan fingerprint density at radius 3 is 2.21 bits per heavy atom. The van der Waals surface area contributed by atoms with Gasteiger partial charge in [-0.25, -0.2) is 14.1 Å². The lowest BCUT2D eigenvalue weighted by atomic mass is 9.98. The van der Waals surface area contributed by atoms with Crippen LogP contribution in [0.5, 0.6) is 0 Å². The van der Waals surface area contributed by atoms with Crippen molar-refractivity contribution in [2.24, 2.45) is 0 Å². The van der Waals surface area contributed by atoms with Gasteiger partial charge in [0.25, 0.3) is 0 Å². The van der Waals surface area contributed by atoms with Crippen LogP contribution in [-0.4, -0.2) is 63.1 Å². The average molecular weight is 825 g/mol. The number of aromatic nitrogens is 4. The smallest absolute Gasteiger partial charge is 0.382 e. The molecule has 57 heavy (non-hydrogen) atoms.